The van der Waals surface area contributed by atoms with Crippen molar-refractivity contribution in [1.29, 1.82) is 5.41 Å². The lowest BCUT2D eigenvalue weighted by Gasteiger charge is -2.16. The summed E-state index contributed by atoms with van der Waals surface area (Å²) in [4.78, 5) is 28.7. The first-order chi connectivity index (χ1) is 17.7. The highest BCUT2D eigenvalue weighted by molar-refractivity contribution is 6.14. The number of rotatable bonds is 8. The van der Waals surface area contributed by atoms with Crippen LogP contribution in [0.1, 0.15) is 40.2 Å². The Morgan fingerprint density at radius 2 is 1.92 bits per heavy atom. The summed E-state index contributed by atoms with van der Waals surface area (Å²) in [6.07, 6.45) is 4.33. The molecule has 1 saturated carbocycles. The maximum absolute atomic E-state index is 13.5. The lowest BCUT2D eigenvalue weighted by Crippen LogP contribution is -2.39. The number of carbonyl (C=O) groups is 2. The number of nitrogen functional groups attached to an aromatic ring is 1. The monoisotopic (exact) mass is 493 g/mol. The number of hydrogen-bond donors (Lipinski definition) is 3. The number of anilines is 2. The van der Waals surface area contributed by atoms with Crippen molar-refractivity contribution in [1.82, 2.24) is 4.90 Å². The molecule has 5 N–H and O–H groups in total. The number of amides is 2. The molecule has 5 rings (SSSR count). The van der Waals surface area contributed by atoms with Gasteiger partial charge in [-0.2, -0.15) is 0 Å². The normalized spacial score (nSPS) is 20.1. The zero-order valence-corrected chi connectivity index (χ0v) is 21.1. The van der Waals surface area contributed by atoms with Crippen molar-refractivity contribution in [2.75, 3.05) is 31.3 Å². The molecule has 1 aliphatic heterocycles. The fourth-order valence-electron chi connectivity index (χ4n) is 5.54. The minimum absolute atomic E-state index is 0.0421. The molecule has 0 bridgehead atoms. The van der Waals surface area contributed by atoms with E-state index in [-0.39, 0.29) is 18.4 Å². The lowest BCUT2D eigenvalue weighted by atomic mass is 9.91. The third-order valence-corrected chi connectivity index (χ3v) is 7.24. The van der Waals surface area contributed by atoms with Gasteiger partial charge in [0, 0.05) is 29.4 Å². The molecule has 1 heterocycles. The van der Waals surface area contributed by atoms with Crippen molar-refractivity contribution in [2.24, 2.45) is 5.73 Å². The molecule has 1 aliphatic carbocycles. The number of nitrogens with zero attached hydrogens (tertiary/aromatic N) is 2. The highest BCUT2D eigenvalue weighted by atomic mass is 16.2. The van der Waals surface area contributed by atoms with Gasteiger partial charge in [0.1, 0.15) is 6.54 Å². The number of allylic oxidation sites excluding steroid dienone is 1. The van der Waals surface area contributed by atoms with E-state index in [1.165, 1.54) is 10.5 Å². The van der Waals surface area contributed by atoms with Crippen LogP contribution in [0, 0.1) is 5.41 Å². The van der Waals surface area contributed by atoms with Gasteiger partial charge < -0.3 is 26.7 Å². The molecule has 1 unspecified atom stereocenters. The van der Waals surface area contributed by atoms with Crippen LogP contribution in [-0.2, 0) is 21.5 Å². The van der Waals surface area contributed by atoms with E-state index in [1.807, 2.05) is 74.8 Å². The zero-order chi connectivity index (χ0) is 26.3. The van der Waals surface area contributed by atoms with Crippen molar-refractivity contribution in [3.8, 4) is 0 Å². The summed E-state index contributed by atoms with van der Waals surface area (Å²) in [6, 6.07) is 21.5. The number of nitrogens with one attached hydrogen (secondary N) is 1. The van der Waals surface area contributed by atoms with Gasteiger partial charge in [0.15, 0.2) is 0 Å². The molecule has 7 nitrogen and oxygen atoms in total. The Hall–Kier alpha value is -4.23. The molecule has 2 amide bonds. The van der Waals surface area contributed by atoms with Gasteiger partial charge in [0.2, 0.25) is 11.8 Å². The maximum atomic E-state index is 13.5. The van der Waals surface area contributed by atoms with Gasteiger partial charge in [-0.15, -0.1) is 0 Å². The molecule has 2 aliphatic rings. The molecule has 3 aromatic carbocycles. The first-order valence-corrected chi connectivity index (χ1v) is 12.3. The molecule has 37 heavy (non-hydrogen) atoms. The fourth-order valence-corrected chi connectivity index (χ4v) is 5.54. The SMILES string of the molecule is CN(C)Cc1cccc(/C=C/C(=N)c2ccc([C@@H]3CC34C(=O)N(CC(N)=O)c3ccccc34)cc2N)c1. The molecule has 0 aromatic heterocycles. The molecule has 1 fully saturated rings. The molecule has 2 atom stereocenters. The Bertz CT molecular complexity index is 1440. The quantitative estimate of drug-likeness (QED) is 0.328. The Morgan fingerprint density at radius 1 is 1.14 bits per heavy atom. The van der Waals surface area contributed by atoms with E-state index >= 15 is 0 Å². The number of nitrogens with two attached hydrogens (primary N) is 2. The van der Waals surface area contributed by atoms with Crippen molar-refractivity contribution in [3.63, 3.8) is 0 Å². The van der Waals surface area contributed by atoms with Crippen LogP contribution in [0.2, 0.25) is 0 Å². The smallest absolute Gasteiger partial charge is 0.238 e. The average Bonchev–Trinajstić information content (AvgIpc) is 3.57. The second kappa shape index (κ2) is 9.33. The van der Waals surface area contributed by atoms with Gasteiger partial charge in [0.25, 0.3) is 0 Å². The number of benzene rings is 3. The van der Waals surface area contributed by atoms with Gasteiger partial charge >= 0.3 is 0 Å². The van der Waals surface area contributed by atoms with Gasteiger partial charge in [-0.25, -0.2) is 0 Å². The number of carbonyl (C=O) groups excluding carboxylic acids is 2. The summed E-state index contributed by atoms with van der Waals surface area (Å²) in [6.45, 7) is 0.719. The molecule has 0 radical (unpaired) electrons. The van der Waals surface area contributed by atoms with Crippen LogP contribution in [0.25, 0.3) is 6.08 Å². The highest BCUT2D eigenvalue weighted by Crippen LogP contribution is 2.66. The van der Waals surface area contributed by atoms with Gasteiger partial charge in [0.05, 0.1) is 11.1 Å². The minimum Gasteiger partial charge on any atom is -0.398 e. The van der Waals surface area contributed by atoms with Crippen LogP contribution >= 0.6 is 0 Å². The Balaban J connectivity index is 1.36. The third-order valence-electron chi connectivity index (χ3n) is 7.24. The fraction of sp³-hybridized carbons (Fsp3) is 0.233. The van der Waals surface area contributed by atoms with Gasteiger partial charge in [-0.05, 0) is 61.0 Å². The maximum Gasteiger partial charge on any atom is 0.238 e. The van der Waals surface area contributed by atoms with Crippen molar-refractivity contribution in [2.45, 2.75) is 24.3 Å². The molecule has 0 saturated heterocycles. The molecule has 7 heteroatoms. The van der Waals surface area contributed by atoms with E-state index in [0.29, 0.717) is 23.4 Å². The van der Waals surface area contributed by atoms with Crippen LogP contribution < -0.4 is 16.4 Å². The van der Waals surface area contributed by atoms with E-state index in [2.05, 4.69) is 17.0 Å². The van der Waals surface area contributed by atoms with Gasteiger partial charge in [-0.1, -0.05) is 60.7 Å². The first-order valence-electron chi connectivity index (χ1n) is 12.3. The van der Waals surface area contributed by atoms with Crippen LogP contribution in [0.5, 0.6) is 0 Å². The van der Waals surface area contributed by atoms with Crippen LogP contribution in [0.15, 0.2) is 72.8 Å². The number of primary amides is 1. The van der Waals surface area contributed by atoms with Gasteiger partial charge in [-0.3, -0.25) is 9.59 Å². The van der Waals surface area contributed by atoms with Crippen molar-refractivity contribution >= 4 is 35.0 Å². The minimum atomic E-state index is -0.689. The lowest BCUT2D eigenvalue weighted by molar-refractivity contribution is -0.123. The topological polar surface area (TPSA) is 117 Å². The van der Waals surface area contributed by atoms with E-state index in [1.54, 1.807) is 6.08 Å². The Morgan fingerprint density at radius 3 is 2.65 bits per heavy atom. The summed E-state index contributed by atoms with van der Waals surface area (Å²) in [7, 11) is 4.07. The zero-order valence-electron chi connectivity index (χ0n) is 21.1. The molecular formula is C30H31N5O2. The summed E-state index contributed by atoms with van der Waals surface area (Å²) >= 11 is 0. The predicted molar refractivity (Wildman–Crippen MR) is 148 cm³/mol. The van der Waals surface area contributed by atoms with Crippen LogP contribution in [0.4, 0.5) is 11.4 Å². The van der Waals surface area contributed by atoms with Crippen molar-refractivity contribution < 1.29 is 9.59 Å². The van der Waals surface area contributed by atoms with E-state index < -0.39 is 11.3 Å². The van der Waals surface area contributed by atoms with E-state index in [4.69, 9.17) is 16.9 Å². The first kappa shape index (κ1) is 24.5. The van der Waals surface area contributed by atoms with E-state index in [9.17, 15) is 9.59 Å². The largest absolute Gasteiger partial charge is 0.398 e. The molecular weight excluding hydrogens is 462 g/mol. The summed E-state index contributed by atoms with van der Waals surface area (Å²) in [5.74, 6) is -0.672. The second-order valence-electron chi connectivity index (χ2n) is 10.2. The summed E-state index contributed by atoms with van der Waals surface area (Å²) in [5, 5.41) is 8.58. The number of para-hydroxylation sites is 1. The Labute approximate surface area is 216 Å². The summed E-state index contributed by atoms with van der Waals surface area (Å²) in [5.41, 5.74) is 17.5. The van der Waals surface area contributed by atoms with E-state index in [0.717, 1.165) is 28.9 Å². The predicted octanol–water partition coefficient (Wildman–Crippen LogP) is 3.67. The van der Waals surface area contributed by atoms with Crippen LogP contribution in [0.3, 0.4) is 0 Å². The third kappa shape index (κ3) is 4.42. The highest BCUT2D eigenvalue weighted by Gasteiger charge is 2.67. The van der Waals surface area contributed by atoms with Crippen LogP contribution in [-0.4, -0.2) is 43.1 Å². The average molecular weight is 494 g/mol. The molecule has 1 spiro atoms. The standard InChI is InChI=1S/C30H31N5O2/c1-34(2)17-20-7-5-6-19(14-20)10-13-25(31)22-12-11-21(15-26(22)32)24-16-30(24)23-8-3-4-9-27(23)35(29(30)37)18-28(33)36/h3-15,24,31H,16-18,32H2,1-2H3,(H2,33,36)/b13-10+,31-25?/t24-,30?/m0/s1. The second-order valence-corrected chi connectivity index (χ2v) is 10.2. The molecule has 3 aromatic rings. The Kier molecular flexibility index (Phi) is 6.17. The number of hydrogen-bond acceptors (Lipinski definition) is 5. The van der Waals surface area contributed by atoms with Crippen molar-refractivity contribution in [3.05, 3.63) is 101 Å². The number of fused-ring (bicyclic) bond motifs is 2. The molecule has 188 valence electrons. The summed E-state index contributed by atoms with van der Waals surface area (Å²) < 4.78 is 0.